The van der Waals surface area contributed by atoms with E-state index in [2.05, 4.69) is 9.97 Å². The summed E-state index contributed by atoms with van der Waals surface area (Å²) in [5, 5.41) is 1.29. The Kier molecular flexibility index (Phi) is 10.1. The van der Waals surface area contributed by atoms with Gasteiger partial charge in [0.15, 0.2) is 0 Å². The number of pyridine rings is 2. The highest BCUT2D eigenvalue weighted by Crippen LogP contribution is 2.30. The van der Waals surface area contributed by atoms with E-state index in [1.54, 1.807) is 63.8 Å². The maximum absolute atomic E-state index is 13.6. The van der Waals surface area contributed by atoms with E-state index in [4.69, 9.17) is 34.8 Å². The predicted octanol–water partition coefficient (Wildman–Crippen LogP) is 7.85. The highest BCUT2D eigenvalue weighted by Gasteiger charge is 2.35. The van der Waals surface area contributed by atoms with Gasteiger partial charge in [0.2, 0.25) is 0 Å². The smallest absolute Gasteiger partial charge is 0.260 e. The van der Waals surface area contributed by atoms with Crippen molar-refractivity contribution in [3.63, 3.8) is 0 Å². The fraction of sp³-hybridized carbons (Fsp3) is 0.314. The van der Waals surface area contributed by atoms with Crippen LogP contribution in [0.25, 0.3) is 0 Å². The minimum Gasteiger partial charge on any atom is -0.306 e. The largest absolute Gasteiger partial charge is 0.306 e. The molecule has 0 atom stereocenters. The van der Waals surface area contributed by atoms with E-state index in [9.17, 15) is 18.4 Å². The molecular formula is C35H32Cl3F2N5O2. The number of alkyl halides is 3. The van der Waals surface area contributed by atoms with Crippen molar-refractivity contribution in [2.24, 2.45) is 0 Å². The molecule has 4 aromatic rings. The van der Waals surface area contributed by atoms with Crippen LogP contribution in [0, 0.1) is 0 Å². The van der Waals surface area contributed by atoms with Gasteiger partial charge in [0.05, 0.1) is 30.3 Å². The van der Waals surface area contributed by atoms with E-state index in [0.29, 0.717) is 71.8 Å². The van der Waals surface area contributed by atoms with E-state index in [-0.39, 0.29) is 24.8 Å². The van der Waals surface area contributed by atoms with Gasteiger partial charge in [0, 0.05) is 65.5 Å². The molecule has 0 saturated carbocycles. The summed E-state index contributed by atoms with van der Waals surface area (Å²) in [5.41, 5.74) is 6.52. The second-order valence-electron chi connectivity index (χ2n) is 11.9. The number of benzene rings is 2. The minimum absolute atomic E-state index is 0.0172. The van der Waals surface area contributed by atoms with E-state index >= 15 is 0 Å². The monoisotopic (exact) mass is 697 g/mol. The quantitative estimate of drug-likeness (QED) is 0.199. The number of likely N-dealkylation sites (tertiary alicyclic amines) is 1. The number of nitrogens with zero attached hydrogens (tertiary/aromatic N) is 5. The van der Waals surface area contributed by atoms with Gasteiger partial charge in [-0.05, 0) is 96.6 Å². The van der Waals surface area contributed by atoms with E-state index in [0.717, 1.165) is 34.4 Å². The number of hydrogen-bond donors (Lipinski definition) is 0. The molecule has 244 valence electrons. The van der Waals surface area contributed by atoms with Gasteiger partial charge in [-0.1, -0.05) is 23.2 Å². The molecule has 0 unspecified atom stereocenters. The second kappa shape index (κ2) is 14.2. The molecule has 1 saturated heterocycles. The lowest BCUT2D eigenvalue weighted by Gasteiger charge is -2.32. The van der Waals surface area contributed by atoms with Crippen LogP contribution in [0.3, 0.4) is 0 Å². The highest BCUT2D eigenvalue weighted by atomic mass is 35.5. The topological polar surface area (TPSA) is 69.6 Å². The third-order valence-corrected chi connectivity index (χ3v) is 9.29. The molecule has 1 fully saturated rings. The van der Waals surface area contributed by atoms with Crippen molar-refractivity contribution in [2.45, 2.75) is 44.0 Å². The molecule has 3 aliphatic rings. The molecule has 0 spiro atoms. The molecule has 2 amide bonds. The Bertz CT molecular complexity index is 1810. The van der Waals surface area contributed by atoms with Crippen molar-refractivity contribution in [2.75, 3.05) is 36.0 Å². The standard InChI is InChI=1S/C20H20ClF2N3O.C15H12Cl2N2O/c21-16-2-3-18-15(9-16)4-7-26(19(18)27)17-8-14(10-24-11-17)12-25-6-1-5-20(22,23)13-25;16-7-10-5-13(9-18-8-10)19-4-3-11-6-12(17)1-2-14(11)15(19)20/h2-3,8-11H,1,4-7,12-13H2;1-2,5-6,8-9H,3-4,7H2. The van der Waals surface area contributed by atoms with Gasteiger partial charge in [-0.15, -0.1) is 11.6 Å². The summed E-state index contributed by atoms with van der Waals surface area (Å²) >= 11 is 17.8. The molecule has 0 bridgehead atoms. The van der Waals surface area contributed by atoms with Crippen LogP contribution in [0.1, 0.15) is 55.8 Å². The summed E-state index contributed by atoms with van der Waals surface area (Å²) in [6, 6.07) is 14.5. The van der Waals surface area contributed by atoms with Gasteiger partial charge in [-0.3, -0.25) is 24.5 Å². The predicted molar refractivity (Wildman–Crippen MR) is 181 cm³/mol. The lowest BCUT2D eigenvalue weighted by Crippen LogP contribution is -2.42. The number of halogens is 5. The molecule has 7 nitrogen and oxygen atoms in total. The van der Waals surface area contributed by atoms with Crippen molar-refractivity contribution in [3.05, 3.63) is 117 Å². The Morgan fingerprint density at radius 3 is 1.79 bits per heavy atom. The van der Waals surface area contributed by atoms with Gasteiger partial charge in [-0.2, -0.15) is 0 Å². The Morgan fingerprint density at radius 1 is 0.723 bits per heavy atom. The maximum Gasteiger partial charge on any atom is 0.260 e. The third kappa shape index (κ3) is 7.75. The van der Waals surface area contributed by atoms with Crippen LogP contribution in [0.4, 0.5) is 20.2 Å². The van der Waals surface area contributed by atoms with Crippen molar-refractivity contribution in [3.8, 4) is 0 Å². The fourth-order valence-electron chi connectivity index (χ4n) is 6.25. The van der Waals surface area contributed by atoms with Gasteiger partial charge in [-0.25, -0.2) is 8.78 Å². The minimum atomic E-state index is -2.63. The highest BCUT2D eigenvalue weighted by molar-refractivity contribution is 6.31. The summed E-state index contributed by atoms with van der Waals surface area (Å²) in [7, 11) is 0. The van der Waals surface area contributed by atoms with Gasteiger partial charge >= 0.3 is 0 Å². The molecule has 7 rings (SSSR count). The van der Waals surface area contributed by atoms with Gasteiger partial charge in [0.25, 0.3) is 17.7 Å². The average molecular weight is 699 g/mol. The number of carbonyl (C=O) groups excluding carboxylic acids is 2. The Morgan fingerprint density at radius 2 is 1.26 bits per heavy atom. The third-order valence-electron chi connectivity index (χ3n) is 8.51. The average Bonchev–Trinajstić information content (AvgIpc) is 3.05. The molecule has 0 aliphatic carbocycles. The second-order valence-corrected chi connectivity index (χ2v) is 13.1. The summed E-state index contributed by atoms with van der Waals surface area (Å²) in [6.07, 6.45) is 8.66. The first-order chi connectivity index (χ1) is 22.6. The van der Waals surface area contributed by atoms with Crippen LogP contribution >= 0.6 is 34.8 Å². The molecule has 2 aromatic carbocycles. The molecule has 0 N–H and O–H groups in total. The van der Waals surface area contributed by atoms with E-state index in [1.807, 2.05) is 24.3 Å². The van der Waals surface area contributed by atoms with Gasteiger partial charge in [0.1, 0.15) is 0 Å². The summed E-state index contributed by atoms with van der Waals surface area (Å²) in [5.74, 6) is -2.35. The van der Waals surface area contributed by atoms with Gasteiger partial charge < -0.3 is 9.80 Å². The number of hydrogen-bond acceptors (Lipinski definition) is 5. The van der Waals surface area contributed by atoms with Crippen molar-refractivity contribution < 1.29 is 18.4 Å². The maximum atomic E-state index is 13.6. The Labute approximate surface area is 287 Å². The summed E-state index contributed by atoms with van der Waals surface area (Å²) in [4.78, 5) is 39.0. The Hall–Kier alpha value is -3.63. The lowest BCUT2D eigenvalue weighted by molar-refractivity contribution is -0.0661. The van der Waals surface area contributed by atoms with Crippen molar-refractivity contribution in [1.29, 1.82) is 0 Å². The molecule has 0 radical (unpaired) electrons. The van der Waals surface area contributed by atoms with Crippen LogP contribution in [0.5, 0.6) is 0 Å². The summed E-state index contributed by atoms with van der Waals surface area (Å²) in [6.45, 7) is 1.99. The first-order valence-electron chi connectivity index (χ1n) is 15.3. The van der Waals surface area contributed by atoms with Crippen molar-refractivity contribution >= 4 is 58.0 Å². The first-order valence-corrected chi connectivity index (χ1v) is 16.6. The van der Waals surface area contributed by atoms with Crippen molar-refractivity contribution in [1.82, 2.24) is 14.9 Å². The number of piperidine rings is 1. The molecular weight excluding hydrogens is 667 g/mol. The molecule has 3 aliphatic heterocycles. The molecule has 2 aromatic heterocycles. The zero-order valence-electron chi connectivity index (χ0n) is 25.4. The van der Waals surface area contributed by atoms with E-state index in [1.165, 1.54) is 0 Å². The fourth-order valence-corrected chi connectivity index (χ4v) is 6.78. The van der Waals surface area contributed by atoms with Crippen LogP contribution in [0.2, 0.25) is 10.0 Å². The molecule has 47 heavy (non-hydrogen) atoms. The number of amides is 2. The normalized spacial score (nSPS) is 17.5. The SMILES string of the molecule is O=C1c2ccc(Cl)cc2CCN1c1cncc(CCl)c1.O=C1c2ccc(Cl)cc2CCN1c1cncc(CN2CCCC(F)(F)C2)c1. The lowest BCUT2D eigenvalue weighted by atomic mass is 9.98. The van der Waals surface area contributed by atoms with Crippen LogP contribution in [-0.2, 0) is 25.3 Å². The number of aromatic nitrogens is 2. The van der Waals surface area contributed by atoms with E-state index < -0.39 is 5.92 Å². The summed E-state index contributed by atoms with van der Waals surface area (Å²) < 4.78 is 27.3. The first kappa shape index (κ1) is 33.3. The zero-order chi connectivity index (χ0) is 33.1. The van der Waals surface area contributed by atoms with Crippen LogP contribution in [-0.4, -0.2) is 58.8 Å². The Balaban J connectivity index is 0.000000172. The van der Waals surface area contributed by atoms with Crippen LogP contribution < -0.4 is 9.80 Å². The molecule has 12 heteroatoms. The number of fused-ring (bicyclic) bond motifs is 2. The number of carbonyl (C=O) groups is 2. The zero-order valence-corrected chi connectivity index (χ0v) is 27.7. The van der Waals surface area contributed by atoms with Crippen LogP contribution in [0.15, 0.2) is 73.3 Å². The number of anilines is 2. The number of rotatable bonds is 5. The molecule has 5 heterocycles.